The number of carbonyl (C=O) groups excluding carboxylic acids is 1. The van der Waals surface area contributed by atoms with Crippen molar-refractivity contribution in [3.63, 3.8) is 0 Å². The van der Waals surface area contributed by atoms with Gasteiger partial charge in [0.15, 0.2) is 0 Å². The molecule has 0 spiro atoms. The average molecular weight is 447 g/mol. The Balaban J connectivity index is 1.27. The highest BCUT2D eigenvalue weighted by molar-refractivity contribution is 5.93. The number of piperidine rings is 1. The lowest BCUT2D eigenvalue weighted by Crippen LogP contribution is -2.41. The van der Waals surface area contributed by atoms with E-state index in [0.29, 0.717) is 48.3 Å². The zero-order valence-electron chi connectivity index (χ0n) is 18.1. The van der Waals surface area contributed by atoms with Crippen LogP contribution in [0.15, 0.2) is 53.4 Å². The normalized spacial score (nSPS) is 16.2. The van der Waals surface area contributed by atoms with E-state index in [2.05, 4.69) is 25.2 Å². The molecule has 0 saturated carbocycles. The van der Waals surface area contributed by atoms with Crippen molar-refractivity contribution in [2.24, 2.45) is 13.0 Å². The van der Waals surface area contributed by atoms with Crippen LogP contribution in [0.2, 0.25) is 0 Å². The summed E-state index contributed by atoms with van der Waals surface area (Å²) in [7, 11) is 1.74. The summed E-state index contributed by atoms with van der Waals surface area (Å²) >= 11 is 0. The summed E-state index contributed by atoms with van der Waals surface area (Å²) in [6, 6.07) is 7.83. The maximum atomic E-state index is 13.2. The van der Waals surface area contributed by atoms with E-state index in [1.807, 2.05) is 4.90 Å². The first kappa shape index (κ1) is 20.9. The molecule has 0 bridgehead atoms. The van der Waals surface area contributed by atoms with Gasteiger partial charge < -0.3 is 9.42 Å². The van der Waals surface area contributed by atoms with Gasteiger partial charge in [-0.3, -0.25) is 14.5 Å². The second kappa shape index (κ2) is 8.89. The van der Waals surface area contributed by atoms with Crippen LogP contribution >= 0.6 is 0 Å². The highest BCUT2D eigenvalue weighted by Gasteiger charge is 2.28. The third-order valence-electron chi connectivity index (χ3n) is 5.77. The lowest BCUT2D eigenvalue weighted by molar-refractivity contribution is 0.0657. The number of carbonyl (C=O) groups is 1. The Kier molecular flexibility index (Phi) is 5.64. The van der Waals surface area contributed by atoms with Crippen LogP contribution in [0, 0.1) is 11.7 Å². The van der Waals surface area contributed by atoms with Crippen LogP contribution in [0.25, 0.3) is 22.8 Å². The van der Waals surface area contributed by atoms with Gasteiger partial charge in [0, 0.05) is 44.5 Å². The molecule has 0 radical (unpaired) electrons. The van der Waals surface area contributed by atoms with E-state index in [0.717, 1.165) is 18.4 Å². The first-order valence-corrected chi connectivity index (χ1v) is 10.7. The van der Waals surface area contributed by atoms with Gasteiger partial charge in [-0.05, 0) is 49.1 Å². The van der Waals surface area contributed by atoms with Gasteiger partial charge >= 0.3 is 0 Å². The molecule has 0 N–H and O–H groups in total. The van der Waals surface area contributed by atoms with E-state index in [4.69, 9.17) is 4.52 Å². The van der Waals surface area contributed by atoms with Crippen LogP contribution in [-0.2, 0) is 13.5 Å². The van der Waals surface area contributed by atoms with Gasteiger partial charge in [0.1, 0.15) is 17.2 Å². The number of halogens is 1. The summed E-state index contributed by atoms with van der Waals surface area (Å²) in [5.74, 6) is 0.756. The van der Waals surface area contributed by atoms with Crippen LogP contribution in [0.1, 0.15) is 29.2 Å². The molecule has 5 rings (SSSR count). The Labute approximate surface area is 189 Å². The number of nitrogens with zero attached hydrogens (tertiary/aromatic N) is 7. The van der Waals surface area contributed by atoms with Gasteiger partial charge in [-0.2, -0.15) is 10.1 Å². The van der Waals surface area contributed by atoms with E-state index in [-0.39, 0.29) is 17.6 Å². The molecule has 1 atom stereocenters. The van der Waals surface area contributed by atoms with Crippen LogP contribution in [0.4, 0.5) is 4.39 Å². The van der Waals surface area contributed by atoms with E-state index in [9.17, 15) is 9.18 Å². The van der Waals surface area contributed by atoms with Gasteiger partial charge in [-0.25, -0.2) is 9.37 Å². The fourth-order valence-corrected chi connectivity index (χ4v) is 4.11. The third kappa shape index (κ3) is 4.50. The number of likely N-dealkylation sites (tertiary alicyclic amines) is 1. The van der Waals surface area contributed by atoms with Crippen LogP contribution in [-0.4, -0.2) is 53.8 Å². The van der Waals surface area contributed by atoms with Crippen molar-refractivity contribution < 1.29 is 13.7 Å². The Morgan fingerprint density at radius 1 is 1.21 bits per heavy atom. The fourth-order valence-electron chi connectivity index (χ4n) is 4.11. The molecule has 4 aromatic rings. The minimum Gasteiger partial charge on any atom is -0.339 e. The molecule has 1 aliphatic heterocycles. The van der Waals surface area contributed by atoms with Crippen molar-refractivity contribution in [3.8, 4) is 22.8 Å². The van der Waals surface area contributed by atoms with Crippen LogP contribution in [0.3, 0.4) is 0 Å². The fraction of sp³-hybridized carbons (Fsp3) is 0.304. The Morgan fingerprint density at radius 3 is 2.85 bits per heavy atom. The summed E-state index contributed by atoms with van der Waals surface area (Å²) in [5, 5.41) is 8.45. The van der Waals surface area contributed by atoms with Crippen LogP contribution < -0.4 is 0 Å². The smallest absolute Gasteiger partial charge is 0.272 e. The van der Waals surface area contributed by atoms with Gasteiger partial charge in [0.25, 0.3) is 5.91 Å². The summed E-state index contributed by atoms with van der Waals surface area (Å²) in [5.41, 5.74) is 2.45. The van der Waals surface area contributed by atoms with Crippen molar-refractivity contribution >= 4 is 5.91 Å². The largest absolute Gasteiger partial charge is 0.339 e. The molecule has 9 nitrogen and oxygen atoms in total. The van der Waals surface area contributed by atoms with E-state index in [1.165, 1.54) is 12.1 Å². The summed E-state index contributed by atoms with van der Waals surface area (Å²) in [4.78, 5) is 27.7. The van der Waals surface area contributed by atoms with E-state index < -0.39 is 0 Å². The van der Waals surface area contributed by atoms with Crippen molar-refractivity contribution in [2.45, 2.75) is 19.3 Å². The highest BCUT2D eigenvalue weighted by Crippen LogP contribution is 2.25. The molecule has 10 heteroatoms. The molecule has 1 aromatic carbocycles. The zero-order valence-corrected chi connectivity index (χ0v) is 18.1. The number of amides is 1. The van der Waals surface area contributed by atoms with Crippen molar-refractivity contribution in [2.75, 3.05) is 13.1 Å². The lowest BCUT2D eigenvalue weighted by atomic mass is 9.94. The molecule has 1 fully saturated rings. The third-order valence-corrected chi connectivity index (χ3v) is 5.77. The second-order valence-electron chi connectivity index (χ2n) is 8.11. The molecular formula is C23H22FN7O2. The van der Waals surface area contributed by atoms with E-state index >= 15 is 0 Å². The maximum Gasteiger partial charge on any atom is 0.272 e. The van der Waals surface area contributed by atoms with Gasteiger partial charge in [0.2, 0.25) is 11.7 Å². The molecule has 0 aliphatic carbocycles. The number of hydrogen-bond acceptors (Lipinski definition) is 7. The Morgan fingerprint density at radius 2 is 2.06 bits per heavy atom. The number of aromatic nitrogens is 6. The predicted molar refractivity (Wildman–Crippen MR) is 116 cm³/mol. The number of rotatable bonds is 5. The topological polar surface area (TPSA) is 103 Å². The minimum absolute atomic E-state index is 0.0751. The first-order chi connectivity index (χ1) is 16.1. The molecule has 3 aromatic heterocycles. The summed E-state index contributed by atoms with van der Waals surface area (Å²) in [6.07, 6.45) is 7.20. The Bertz CT molecular complexity index is 1250. The zero-order chi connectivity index (χ0) is 22.8. The highest BCUT2D eigenvalue weighted by atomic mass is 19.1. The SMILES string of the molecule is Cn1nc(-c2ccc(F)cc2)cc1C(=O)N1CCC[C@H](Cc2nc(-c3cnccn3)no2)C1. The van der Waals surface area contributed by atoms with Crippen molar-refractivity contribution in [1.29, 1.82) is 0 Å². The number of aryl methyl sites for hydroxylation is 1. The minimum atomic E-state index is -0.310. The molecular weight excluding hydrogens is 425 g/mol. The predicted octanol–water partition coefficient (Wildman–Crippen LogP) is 3.16. The lowest BCUT2D eigenvalue weighted by Gasteiger charge is -2.32. The van der Waals surface area contributed by atoms with Crippen LogP contribution in [0.5, 0.6) is 0 Å². The molecule has 168 valence electrons. The molecule has 1 saturated heterocycles. The quantitative estimate of drug-likeness (QED) is 0.463. The molecule has 4 heterocycles. The molecule has 1 aliphatic rings. The van der Waals surface area contributed by atoms with E-state index in [1.54, 1.807) is 48.5 Å². The van der Waals surface area contributed by atoms with Crippen molar-refractivity contribution in [1.82, 2.24) is 34.8 Å². The monoisotopic (exact) mass is 447 g/mol. The number of benzene rings is 1. The summed E-state index contributed by atoms with van der Waals surface area (Å²) < 4.78 is 20.2. The second-order valence-corrected chi connectivity index (χ2v) is 8.11. The van der Waals surface area contributed by atoms with Gasteiger partial charge in [0.05, 0.1) is 11.9 Å². The van der Waals surface area contributed by atoms with Gasteiger partial charge in [-0.1, -0.05) is 5.16 Å². The summed E-state index contributed by atoms with van der Waals surface area (Å²) in [6.45, 7) is 1.28. The molecule has 33 heavy (non-hydrogen) atoms. The standard InChI is InChI=1S/C23H22FN7O2/c1-30-20(12-18(28-30)16-4-6-17(24)7-5-16)23(32)31-10-2-3-15(14-31)11-21-27-22(29-33-21)19-13-25-8-9-26-19/h4-9,12-13,15H,2-3,10-11,14H2,1H3/t15-/m1/s1. The molecule has 0 unspecified atom stereocenters. The average Bonchev–Trinajstić information content (AvgIpc) is 3.46. The Hall–Kier alpha value is -3.95. The van der Waals surface area contributed by atoms with Crippen molar-refractivity contribution in [3.05, 3.63) is 66.3 Å². The number of hydrogen-bond donors (Lipinski definition) is 0. The maximum absolute atomic E-state index is 13.2. The van der Waals surface area contributed by atoms with Gasteiger partial charge in [-0.15, -0.1) is 0 Å². The molecule has 1 amide bonds. The first-order valence-electron chi connectivity index (χ1n) is 10.7.